The maximum atomic E-state index is 11.0. The summed E-state index contributed by atoms with van der Waals surface area (Å²) in [5.74, 6) is 0. The maximum absolute atomic E-state index is 11.0. The molecule has 1 N–H and O–H groups in total. The van der Waals surface area contributed by atoms with Crippen LogP contribution in [0.1, 0.15) is 18.4 Å². The lowest BCUT2D eigenvalue weighted by atomic mass is 10.1. The largest absolute Gasteiger partial charge is 0.465 e. The van der Waals surface area contributed by atoms with Gasteiger partial charge in [-0.2, -0.15) is 0 Å². The minimum Gasteiger partial charge on any atom is -0.465 e. The van der Waals surface area contributed by atoms with E-state index in [0.29, 0.717) is 13.1 Å². The van der Waals surface area contributed by atoms with Crippen LogP contribution < -0.4 is 4.90 Å². The van der Waals surface area contributed by atoms with Crippen molar-refractivity contribution >= 4 is 23.4 Å². The quantitative estimate of drug-likeness (QED) is 0.929. The Labute approximate surface area is 136 Å². The number of nitrogens with zero attached hydrogens (tertiary/aromatic N) is 3. The Hall–Kier alpha value is -1.46. The number of carboxylic acid groups (broad SMARTS) is 1. The van der Waals surface area contributed by atoms with Gasteiger partial charge in [0.2, 0.25) is 0 Å². The summed E-state index contributed by atoms with van der Waals surface area (Å²) in [4.78, 5) is 17.2. The Morgan fingerprint density at radius 1 is 1.09 bits per heavy atom. The molecule has 0 bridgehead atoms. The summed E-state index contributed by atoms with van der Waals surface area (Å²) in [6, 6.07) is 6.12. The summed E-state index contributed by atoms with van der Waals surface area (Å²) in [7, 11) is 0. The molecule has 0 atom stereocenters. The molecule has 0 spiro atoms. The van der Waals surface area contributed by atoms with Crippen molar-refractivity contribution in [3.8, 4) is 0 Å². The average molecular weight is 324 g/mol. The van der Waals surface area contributed by atoms with Crippen molar-refractivity contribution < 1.29 is 9.90 Å². The minimum atomic E-state index is -0.824. The monoisotopic (exact) mass is 323 g/mol. The first-order chi connectivity index (χ1) is 10.6. The van der Waals surface area contributed by atoms with Crippen LogP contribution in [0.15, 0.2) is 18.2 Å². The molecule has 0 unspecified atom stereocenters. The van der Waals surface area contributed by atoms with Crippen LogP contribution in [-0.2, 0) is 6.54 Å². The van der Waals surface area contributed by atoms with Gasteiger partial charge < -0.3 is 14.9 Å². The van der Waals surface area contributed by atoms with Gasteiger partial charge in [-0.05, 0) is 25.0 Å². The van der Waals surface area contributed by atoms with E-state index in [1.54, 1.807) is 0 Å². The standard InChI is InChI=1S/C16H22ClN3O2/c17-14-4-3-5-15(19-6-1-2-7-19)13(14)12-18-8-10-20(11-9-18)16(21)22/h3-5H,1-2,6-12H2,(H,21,22). The molecule has 2 saturated heterocycles. The van der Waals surface area contributed by atoms with Gasteiger partial charge in [-0.3, -0.25) is 4.90 Å². The second-order valence-electron chi connectivity index (χ2n) is 5.98. The van der Waals surface area contributed by atoms with E-state index in [2.05, 4.69) is 15.9 Å². The number of benzene rings is 1. The van der Waals surface area contributed by atoms with E-state index < -0.39 is 6.09 Å². The zero-order valence-corrected chi connectivity index (χ0v) is 13.4. The summed E-state index contributed by atoms with van der Waals surface area (Å²) in [5, 5.41) is 9.84. The van der Waals surface area contributed by atoms with Crippen molar-refractivity contribution in [1.29, 1.82) is 0 Å². The zero-order valence-electron chi connectivity index (χ0n) is 12.7. The number of hydrogen-bond donors (Lipinski definition) is 1. The summed E-state index contributed by atoms with van der Waals surface area (Å²) < 4.78 is 0. The fourth-order valence-corrected chi connectivity index (χ4v) is 3.51. The minimum absolute atomic E-state index is 0.568. The normalized spacial score (nSPS) is 19.7. The Balaban J connectivity index is 1.71. The van der Waals surface area contributed by atoms with Gasteiger partial charge in [0, 0.05) is 62.1 Å². The SMILES string of the molecule is O=C(O)N1CCN(Cc2c(Cl)cccc2N2CCCC2)CC1. The number of halogens is 1. The highest BCUT2D eigenvalue weighted by Gasteiger charge is 2.23. The van der Waals surface area contributed by atoms with Crippen LogP contribution >= 0.6 is 11.6 Å². The topological polar surface area (TPSA) is 47.0 Å². The van der Waals surface area contributed by atoms with Gasteiger partial charge in [-0.1, -0.05) is 17.7 Å². The van der Waals surface area contributed by atoms with E-state index >= 15 is 0 Å². The Morgan fingerprint density at radius 2 is 1.77 bits per heavy atom. The third-order valence-corrected chi connectivity index (χ3v) is 4.92. The van der Waals surface area contributed by atoms with Crippen molar-refractivity contribution in [1.82, 2.24) is 9.80 Å². The molecule has 0 saturated carbocycles. The van der Waals surface area contributed by atoms with Crippen molar-refractivity contribution in [2.75, 3.05) is 44.2 Å². The van der Waals surface area contributed by atoms with Crippen molar-refractivity contribution in [3.63, 3.8) is 0 Å². The van der Waals surface area contributed by atoms with Crippen LogP contribution in [0.2, 0.25) is 5.02 Å². The molecule has 2 fully saturated rings. The Bertz CT molecular complexity index is 538. The Morgan fingerprint density at radius 3 is 2.41 bits per heavy atom. The van der Waals surface area contributed by atoms with Crippen LogP contribution in [0.25, 0.3) is 0 Å². The second kappa shape index (κ2) is 6.75. The first kappa shape index (κ1) is 15.4. The molecular formula is C16H22ClN3O2. The first-order valence-electron chi connectivity index (χ1n) is 7.88. The van der Waals surface area contributed by atoms with E-state index in [0.717, 1.165) is 37.7 Å². The molecular weight excluding hydrogens is 302 g/mol. The maximum Gasteiger partial charge on any atom is 0.407 e. The van der Waals surface area contributed by atoms with E-state index in [1.165, 1.54) is 29.0 Å². The third-order valence-electron chi connectivity index (χ3n) is 4.57. The van der Waals surface area contributed by atoms with Gasteiger partial charge in [-0.25, -0.2) is 4.79 Å². The number of anilines is 1. The molecule has 120 valence electrons. The van der Waals surface area contributed by atoms with E-state index in [9.17, 15) is 4.79 Å². The summed E-state index contributed by atoms with van der Waals surface area (Å²) in [6.07, 6.45) is 1.65. The van der Waals surface area contributed by atoms with E-state index in [-0.39, 0.29) is 0 Å². The van der Waals surface area contributed by atoms with Crippen LogP contribution in [0.5, 0.6) is 0 Å². The molecule has 6 heteroatoms. The molecule has 2 heterocycles. The molecule has 3 rings (SSSR count). The average Bonchev–Trinajstić information content (AvgIpc) is 3.04. The number of carbonyl (C=O) groups is 1. The smallest absolute Gasteiger partial charge is 0.407 e. The van der Waals surface area contributed by atoms with E-state index in [1.807, 2.05) is 12.1 Å². The highest BCUT2D eigenvalue weighted by Crippen LogP contribution is 2.31. The fraction of sp³-hybridized carbons (Fsp3) is 0.562. The molecule has 1 amide bonds. The second-order valence-corrected chi connectivity index (χ2v) is 6.38. The predicted molar refractivity (Wildman–Crippen MR) is 87.8 cm³/mol. The first-order valence-corrected chi connectivity index (χ1v) is 8.25. The van der Waals surface area contributed by atoms with Crippen molar-refractivity contribution in [2.24, 2.45) is 0 Å². The molecule has 2 aliphatic rings. The molecule has 22 heavy (non-hydrogen) atoms. The zero-order chi connectivity index (χ0) is 15.5. The molecule has 1 aromatic carbocycles. The highest BCUT2D eigenvalue weighted by atomic mass is 35.5. The molecule has 0 radical (unpaired) electrons. The van der Waals surface area contributed by atoms with Gasteiger partial charge in [0.25, 0.3) is 0 Å². The van der Waals surface area contributed by atoms with Gasteiger partial charge in [0.15, 0.2) is 0 Å². The third kappa shape index (κ3) is 3.31. The van der Waals surface area contributed by atoms with Gasteiger partial charge in [0.05, 0.1) is 0 Å². The molecule has 0 aromatic heterocycles. The van der Waals surface area contributed by atoms with Gasteiger partial charge in [-0.15, -0.1) is 0 Å². The molecule has 0 aliphatic carbocycles. The fourth-order valence-electron chi connectivity index (χ4n) is 3.28. The number of piperazine rings is 1. The predicted octanol–water partition coefficient (Wildman–Crippen LogP) is 2.74. The van der Waals surface area contributed by atoms with E-state index in [4.69, 9.17) is 16.7 Å². The molecule has 5 nitrogen and oxygen atoms in total. The van der Waals surface area contributed by atoms with Crippen LogP contribution in [-0.4, -0.2) is 60.3 Å². The summed E-state index contributed by atoms with van der Waals surface area (Å²) in [5.41, 5.74) is 2.42. The summed E-state index contributed by atoms with van der Waals surface area (Å²) in [6.45, 7) is 5.64. The van der Waals surface area contributed by atoms with Gasteiger partial charge in [0.1, 0.15) is 0 Å². The van der Waals surface area contributed by atoms with Crippen molar-refractivity contribution in [3.05, 3.63) is 28.8 Å². The van der Waals surface area contributed by atoms with Crippen LogP contribution in [0.3, 0.4) is 0 Å². The van der Waals surface area contributed by atoms with Crippen LogP contribution in [0.4, 0.5) is 10.5 Å². The molecule has 2 aliphatic heterocycles. The summed E-state index contributed by atoms with van der Waals surface area (Å²) >= 11 is 6.45. The number of rotatable bonds is 3. The lowest BCUT2D eigenvalue weighted by Gasteiger charge is -2.34. The molecule has 1 aromatic rings. The van der Waals surface area contributed by atoms with Crippen molar-refractivity contribution in [2.45, 2.75) is 19.4 Å². The highest BCUT2D eigenvalue weighted by molar-refractivity contribution is 6.31. The lowest BCUT2D eigenvalue weighted by molar-refractivity contribution is 0.103. The van der Waals surface area contributed by atoms with Gasteiger partial charge >= 0.3 is 6.09 Å². The Kier molecular flexibility index (Phi) is 4.74. The van der Waals surface area contributed by atoms with Crippen LogP contribution in [0, 0.1) is 0 Å². The number of amides is 1. The lowest BCUT2D eigenvalue weighted by Crippen LogP contribution is -2.47. The number of hydrogen-bond acceptors (Lipinski definition) is 3.